The minimum Gasteiger partial charge on any atom is -0.338 e. The number of carbonyl (C=O) groups is 1. The Kier molecular flexibility index (Phi) is 4.31. The Hall–Kier alpha value is -3.61. The molecule has 2 bridgehead atoms. The molecular weight excluding hydrogens is 405 g/mol. The number of aromatic amines is 1. The third-order valence-corrected chi connectivity index (χ3v) is 6.84. The summed E-state index contributed by atoms with van der Waals surface area (Å²) in [4.78, 5) is 15.6. The molecular formula is C25H24FN5O. The van der Waals surface area contributed by atoms with Gasteiger partial charge in [-0.15, -0.1) is 0 Å². The predicted octanol–water partition coefficient (Wildman–Crippen LogP) is 4.84. The van der Waals surface area contributed by atoms with E-state index < -0.39 is 0 Å². The Bertz CT molecular complexity index is 1340. The minimum absolute atomic E-state index is 0.0202. The monoisotopic (exact) mass is 429 g/mol. The highest BCUT2D eigenvalue weighted by atomic mass is 19.1. The molecule has 2 atom stereocenters. The Morgan fingerprint density at radius 1 is 1.19 bits per heavy atom. The number of aryl methyl sites for hydroxylation is 1. The molecule has 1 saturated heterocycles. The third kappa shape index (κ3) is 2.99. The van der Waals surface area contributed by atoms with Crippen molar-refractivity contribution in [3.8, 4) is 0 Å². The van der Waals surface area contributed by atoms with E-state index in [0.717, 1.165) is 47.1 Å². The van der Waals surface area contributed by atoms with E-state index in [1.54, 1.807) is 6.07 Å². The average molecular weight is 429 g/mol. The summed E-state index contributed by atoms with van der Waals surface area (Å²) in [5.41, 5.74) is 4.92. The molecule has 1 fully saturated rings. The Morgan fingerprint density at radius 2 is 2.06 bits per heavy atom. The van der Waals surface area contributed by atoms with Gasteiger partial charge in [-0.25, -0.2) is 4.39 Å². The predicted molar refractivity (Wildman–Crippen MR) is 121 cm³/mol. The first-order chi connectivity index (χ1) is 15.6. The zero-order valence-electron chi connectivity index (χ0n) is 17.8. The summed E-state index contributed by atoms with van der Waals surface area (Å²) in [6.45, 7) is 2.37. The summed E-state index contributed by atoms with van der Waals surface area (Å²) >= 11 is 0. The number of hydrogen-bond donors (Lipinski definition) is 2. The van der Waals surface area contributed by atoms with Crippen LogP contribution in [0.2, 0.25) is 0 Å². The second kappa shape index (κ2) is 7.22. The quantitative estimate of drug-likeness (QED) is 0.488. The zero-order chi connectivity index (χ0) is 21.8. The summed E-state index contributed by atoms with van der Waals surface area (Å²) < 4.78 is 15.8. The van der Waals surface area contributed by atoms with Gasteiger partial charge in [-0.05, 0) is 55.5 Å². The molecule has 2 aromatic heterocycles. The van der Waals surface area contributed by atoms with Gasteiger partial charge < -0.3 is 14.8 Å². The molecule has 0 unspecified atom stereocenters. The van der Waals surface area contributed by atoms with Gasteiger partial charge in [0.25, 0.3) is 0 Å². The molecule has 4 heterocycles. The van der Waals surface area contributed by atoms with Gasteiger partial charge in [0.1, 0.15) is 12.4 Å². The minimum atomic E-state index is -0.300. The van der Waals surface area contributed by atoms with Crippen LogP contribution in [0.3, 0.4) is 0 Å². The van der Waals surface area contributed by atoms with Crippen LogP contribution in [0.5, 0.6) is 0 Å². The van der Waals surface area contributed by atoms with Gasteiger partial charge >= 0.3 is 0 Å². The van der Waals surface area contributed by atoms with Crippen LogP contribution in [-0.2, 0) is 17.8 Å². The number of para-hydroxylation sites is 1. The van der Waals surface area contributed by atoms with Crippen molar-refractivity contribution in [2.75, 3.05) is 5.32 Å². The molecule has 0 aliphatic carbocycles. The van der Waals surface area contributed by atoms with Crippen molar-refractivity contribution in [2.24, 2.45) is 0 Å². The summed E-state index contributed by atoms with van der Waals surface area (Å²) in [6.07, 6.45) is 2.65. The van der Waals surface area contributed by atoms with Crippen molar-refractivity contribution in [1.29, 1.82) is 0 Å². The van der Waals surface area contributed by atoms with Gasteiger partial charge in [-0.2, -0.15) is 5.10 Å². The molecule has 2 aromatic carbocycles. The van der Waals surface area contributed by atoms with Gasteiger partial charge in [-0.3, -0.25) is 9.89 Å². The fourth-order valence-corrected chi connectivity index (χ4v) is 5.45. The topological polar surface area (TPSA) is 66.0 Å². The van der Waals surface area contributed by atoms with E-state index in [2.05, 4.69) is 43.2 Å². The van der Waals surface area contributed by atoms with E-state index in [1.807, 2.05) is 25.1 Å². The van der Waals surface area contributed by atoms with E-state index in [1.165, 1.54) is 12.1 Å². The maximum atomic E-state index is 13.7. The lowest BCUT2D eigenvalue weighted by molar-refractivity contribution is -0.135. The number of fused-ring (bicyclic) bond motifs is 5. The standard InChI is InChI=1S/C25H24FN5O/c1-15-11-16-5-2-3-8-21(16)30(15)14-23(32)31-19-9-10-22(31)24-20(13-19)28-29-25(24)27-18-7-4-6-17(26)12-18/h2-8,11-12,19,22H,9-10,13-14H2,1H3,(H2,27,28,29)/t19-,22-/m0/s1. The number of H-pyrrole nitrogens is 1. The summed E-state index contributed by atoms with van der Waals surface area (Å²) in [7, 11) is 0. The normalized spacial score (nSPS) is 19.4. The van der Waals surface area contributed by atoms with Crippen LogP contribution in [0.25, 0.3) is 10.9 Å². The first-order valence-electron chi connectivity index (χ1n) is 11.0. The van der Waals surface area contributed by atoms with Crippen LogP contribution in [0.15, 0.2) is 54.6 Å². The first-order valence-corrected chi connectivity index (χ1v) is 11.0. The molecule has 7 heteroatoms. The highest BCUT2D eigenvalue weighted by molar-refractivity contribution is 5.85. The Balaban J connectivity index is 1.31. The van der Waals surface area contributed by atoms with Crippen molar-refractivity contribution < 1.29 is 9.18 Å². The molecule has 2 aliphatic rings. The largest absolute Gasteiger partial charge is 0.338 e. The van der Waals surface area contributed by atoms with Crippen LogP contribution in [0.1, 0.15) is 35.8 Å². The van der Waals surface area contributed by atoms with E-state index in [9.17, 15) is 9.18 Å². The molecule has 6 rings (SSSR count). The van der Waals surface area contributed by atoms with Gasteiger partial charge in [0.15, 0.2) is 5.82 Å². The first kappa shape index (κ1) is 19.1. The molecule has 0 radical (unpaired) electrons. The molecule has 32 heavy (non-hydrogen) atoms. The van der Waals surface area contributed by atoms with Crippen molar-refractivity contribution in [1.82, 2.24) is 19.7 Å². The van der Waals surface area contributed by atoms with Gasteiger partial charge in [-0.1, -0.05) is 24.3 Å². The fraction of sp³-hybridized carbons (Fsp3) is 0.280. The lowest BCUT2D eigenvalue weighted by Crippen LogP contribution is -2.43. The van der Waals surface area contributed by atoms with Crippen LogP contribution < -0.4 is 5.32 Å². The summed E-state index contributed by atoms with van der Waals surface area (Å²) in [5.74, 6) is 0.508. The summed E-state index contributed by atoms with van der Waals surface area (Å²) in [5, 5.41) is 12.0. The van der Waals surface area contributed by atoms with Crippen LogP contribution in [0, 0.1) is 12.7 Å². The second-order valence-electron chi connectivity index (χ2n) is 8.78. The number of nitrogens with one attached hydrogen (secondary N) is 2. The smallest absolute Gasteiger partial charge is 0.243 e. The van der Waals surface area contributed by atoms with Crippen molar-refractivity contribution in [3.05, 3.63) is 77.4 Å². The number of amides is 1. The SMILES string of the molecule is Cc1cc2ccccc2n1CC(=O)N1[C@H]2CC[C@H]1c1c(Nc3cccc(F)c3)n[nH]c1C2. The van der Waals surface area contributed by atoms with Crippen molar-refractivity contribution in [3.63, 3.8) is 0 Å². The van der Waals surface area contributed by atoms with Gasteiger partial charge in [0.05, 0.1) is 6.04 Å². The number of benzene rings is 2. The maximum Gasteiger partial charge on any atom is 0.243 e. The van der Waals surface area contributed by atoms with E-state index in [0.29, 0.717) is 18.1 Å². The average Bonchev–Trinajstić information content (AvgIpc) is 3.42. The van der Waals surface area contributed by atoms with Crippen molar-refractivity contribution in [2.45, 2.75) is 44.8 Å². The maximum absolute atomic E-state index is 13.7. The molecule has 4 aromatic rings. The van der Waals surface area contributed by atoms with Crippen molar-refractivity contribution >= 4 is 28.3 Å². The number of hydrogen-bond acceptors (Lipinski definition) is 3. The number of halogens is 1. The third-order valence-electron chi connectivity index (χ3n) is 6.84. The lowest BCUT2D eigenvalue weighted by atomic mass is 9.99. The van der Waals surface area contributed by atoms with E-state index >= 15 is 0 Å². The fourth-order valence-electron chi connectivity index (χ4n) is 5.45. The molecule has 0 saturated carbocycles. The lowest BCUT2D eigenvalue weighted by Gasteiger charge is -2.35. The Morgan fingerprint density at radius 3 is 2.94 bits per heavy atom. The molecule has 6 nitrogen and oxygen atoms in total. The van der Waals surface area contributed by atoms with E-state index in [4.69, 9.17) is 0 Å². The highest BCUT2D eigenvalue weighted by Crippen LogP contribution is 2.46. The number of aromatic nitrogens is 3. The Labute approximate surface area is 185 Å². The summed E-state index contributed by atoms with van der Waals surface area (Å²) in [6, 6.07) is 16.8. The molecule has 2 N–H and O–H groups in total. The highest BCUT2D eigenvalue weighted by Gasteiger charge is 2.45. The van der Waals surface area contributed by atoms with Gasteiger partial charge in [0, 0.05) is 40.6 Å². The number of rotatable bonds is 4. The molecule has 2 aliphatic heterocycles. The number of nitrogens with zero attached hydrogens (tertiary/aromatic N) is 3. The molecule has 0 spiro atoms. The van der Waals surface area contributed by atoms with Crippen LogP contribution in [0.4, 0.5) is 15.9 Å². The number of anilines is 2. The van der Waals surface area contributed by atoms with Crippen LogP contribution >= 0.6 is 0 Å². The zero-order valence-corrected chi connectivity index (χ0v) is 17.8. The van der Waals surface area contributed by atoms with E-state index in [-0.39, 0.29) is 23.8 Å². The number of carbonyl (C=O) groups excluding carboxylic acids is 1. The second-order valence-corrected chi connectivity index (χ2v) is 8.78. The van der Waals surface area contributed by atoms with Crippen LogP contribution in [-0.4, -0.2) is 31.6 Å². The molecule has 1 amide bonds. The molecule has 162 valence electrons. The van der Waals surface area contributed by atoms with Gasteiger partial charge in [0.2, 0.25) is 5.91 Å².